The first kappa shape index (κ1) is 12.8. The Bertz CT molecular complexity index is 685. The molecule has 0 aliphatic rings. The SMILES string of the molecule is Cc1ccc(-c2[c]cccc2S(C)(=O)=O)cc1C. The van der Waals surface area contributed by atoms with Crippen LogP contribution < -0.4 is 0 Å². The lowest BCUT2D eigenvalue weighted by Gasteiger charge is -2.09. The Morgan fingerprint density at radius 1 is 1.06 bits per heavy atom. The van der Waals surface area contributed by atoms with Gasteiger partial charge in [-0.2, -0.15) is 0 Å². The average Bonchev–Trinajstić information content (AvgIpc) is 2.32. The van der Waals surface area contributed by atoms with Gasteiger partial charge in [-0.3, -0.25) is 0 Å². The van der Waals surface area contributed by atoms with Gasteiger partial charge in [-0.15, -0.1) is 0 Å². The standard InChI is InChI=1S/C15H15O2S/c1-11-8-9-13(10-12(11)2)14-6-4-5-7-15(14)18(3,16)17/h4-5,7-10H,1-3H3. The number of benzene rings is 2. The third-order valence-corrected chi connectivity index (χ3v) is 4.15. The van der Waals surface area contributed by atoms with Crippen LogP contribution in [0.4, 0.5) is 0 Å². The fraction of sp³-hybridized carbons (Fsp3) is 0.200. The summed E-state index contributed by atoms with van der Waals surface area (Å²) in [7, 11) is -3.24. The van der Waals surface area contributed by atoms with E-state index in [0.717, 1.165) is 11.1 Å². The first-order chi connectivity index (χ1) is 8.39. The number of hydrogen-bond acceptors (Lipinski definition) is 2. The minimum absolute atomic E-state index is 0.327. The predicted molar refractivity (Wildman–Crippen MR) is 73.3 cm³/mol. The maximum Gasteiger partial charge on any atom is 0.176 e. The number of rotatable bonds is 2. The molecule has 1 radical (unpaired) electrons. The van der Waals surface area contributed by atoms with Gasteiger partial charge < -0.3 is 0 Å². The van der Waals surface area contributed by atoms with Crippen molar-refractivity contribution in [1.29, 1.82) is 0 Å². The Balaban J connectivity index is 2.68. The quantitative estimate of drug-likeness (QED) is 0.830. The van der Waals surface area contributed by atoms with E-state index in [4.69, 9.17) is 0 Å². The molecule has 3 heteroatoms. The maximum atomic E-state index is 11.8. The number of sulfone groups is 1. The van der Waals surface area contributed by atoms with E-state index in [1.54, 1.807) is 18.2 Å². The Morgan fingerprint density at radius 3 is 2.39 bits per heavy atom. The molecule has 2 aromatic rings. The van der Waals surface area contributed by atoms with E-state index in [9.17, 15) is 8.42 Å². The van der Waals surface area contributed by atoms with E-state index in [1.165, 1.54) is 11.8 Å². The highest BCUT2D eigenvalue weighted by Gasteiger charge is 2.14. The van der Waals surface area contributed by atoms with Crippen LogP contribution in [0.1, 0.15) is 11.1 Å². The highest BCUT2D eigenvalue weighted by atomic mass is 32.2. The third kappa shape index (κ3) is 2.46. The predicted octanol–water partition coefficient (Wildman–Crippen LogP) is 3.17. The molecule has 0 atom stereocenters. The van der Waals surface area contributed by atoms with Crippen molar-refractivity contribution in [2.24, 2.45) is 0 Å². The van der Waals surface area contributed by atoms with Crippen LogP contribution in [0.25, 0.3) is 11.1 Å². The zero-order valence-electron chi connectivity index (χ0n) is 10.7. The van der Waals surface area contributed by atoms with E-state index in [1.807, 2.05) is 32.0 Å². The Labute approximate surface area is 108 Å². The monoisotopic (exact) mass is 259 g/mol. The molecule has 0 N–H and O–H groups in total. The fourth-order valence-electron chi connectivity index (χ4n) is 1.85. The smallest absolute Gasteiger partial charge is 0.176 e. The van der Waals surface area contributed by atoms with E-state index in [-0.39, 0.29) is 0 Å². The minimum atomic E-state index is -3.24. The molecule has 0 unspecified atom stereocenters. The van der Waals surface area contributed by atoms with Crippen LogP contribution >= 0.6 is 0 Å². The summed E-state index contributed by atoms with van der Waals surface area (Å²) in [4.78, 5) is 0.327. The largest absolute Gasteiger partial charge is 0.224 e. The first-order valence-electron chi connectivity index (χ1n) is 5.68. The second-order valence-corrected chi connectivity index (χ2v) is 6.46. The van der Waals surface area contributed by atoms with Crippen molar-refractivity contribution in [1.82, 2.24) is 0 Å². The zero-order valence-corrected chi connectivity index (χ0v) is 11.5. The van der Waals surface area contributed by atoms with Gasteiger partial charge in [0.25, 0.3) is 0 Å². The molecule has 0 saturated carbocycles. The molecule has 0 spiro atoms. The van der Waals surface area contributed by atoms with Gasteiger partial charge >= 0.3 is 0 Å². The van der Waals surface area contributed by atoms with Crippen molar-refractivity contribution in [2.75, 3.05) is 6.26 Å². The average molecular weight is 259 g/mol. The summed E-state index contributed by atoms with van der Waals surface area (Å²) in [5, 5.41) is 0. The Morgan fingerprint density at radius 2 is 1.78 bits per heavy atom. The Hall–Kier alpha value is -1.61. The van der Waals surface area contributed by atoms with E-state index < -0.39 is 9.84 Å². The molecular formula is C15H15O2S. The van der Waals surface area contributed by atoms with Gasteiger partial charge in [0.15, 0.2) is 9.84 Å². The number of hydrogen-bond donors (Lipinski definition) is 0. The molecule has 0 amide bonds. The molecule has 0 aliphatic carbocycles. The van der Waals surface area contributed by atoms with Crippen LogP contribution in [0.2, 0.25) is 0 Å². The second kappa shape index (κ2) is 4.58. The molecule has 2 aromatic carbocycles. The summed E-state index contributed by atoms with van der Waals surface area (Å²) in [5.74, 6) is 0. The highest BCUT2D eigenvalue weighted by Crippen LogP contribution is 2.28. The van der Waals surface area contributed by atoms with E-state index in [0.29, 0.717) is 10.5 Å². The lowest BCUT2D eigenvalue weighted by Crippen LogP contribution is -2.00. The van der Waals surface area contributed by atoms with Crippen LogP contribution in [0, 0.1) is 19.9 Å². The maximum absolute atomic E-state index is 11.8. The van der Waals surface area contributed by atoms with Crippen LogP contribution in [-0.2, 0) is 9.84 Å². The van der Waals surface area contributed by atoms with Gasteiger partial charge in [0.1, 0.15) is 0 Å². The van der Waals surface area contributed by atoms with Gasteiger partial charge in [-0.05, 0) is 42.7 Å². The lowest BCUT2D eigenvalue weighted by molar-refractivity contribution is 0.602. The third-order valence-electron chi connectivity index (χ3n) is 3.01. The first-order valence-corrected chi connectivity index (χ1v) is 7.57. The molecule has 0 bridgehead atoms. The van der Waals surface area contributed by atoms with Crippen molar-refractivity contribution >= 4 is 9.84 Å². The van der Waals surface area contributed by atoms with Crippen LogP contribution in [-0.4, -0.2) is 14.7 Å². The summed E-state index contributed by atoms with van der Waals surface area (Å²) in [6.45, 7) is 4.05. The van der Waals surface area contributed by atoms with Crippen molar-refractivity contribution in [3.8, 4) is 11.1 Å². The van der Waals surface area contributed by atoms with Crippen LogP contribution in [0.15, 0.2) is 41.3 Å². The summed E-state index contributed by atoms with van der Waals surface area (Å²) in [5.41, 5.74) is 3.86. The molecule has 0 fully saturated rings. The molecule has 18 heavy (non-hydrogen) atoms. The zero-order chi connectivity index (χ0) is 13.3. The summed E-state index contributed by atoms with van der Waals surface area (Å²) >= 11 is 0. The molecule has 0 aromatic heterocycles. The molecular weight excluding hydrogens is 244 g/mol. The normalized spacial score (nSPS) is 11.5. The number of aryl methyl sites for hydroxylation is 2. The lowest BCUT2D eigenvalue weighted by atomic mass is 10.0. The van der Waals surface area contributed by atoms with Crippen molar-refractivity contribution in [2.45, 2.75) is 18.7 Å². The van der Waals surface area contributed by atoms with Crippen LogP contribution in [0.5, 0.6) is 0 Å². The second-order valence-electron chi connectivity index (χ2n) is 4.48. The van der Waals surface area contributed by atoms with E-state index in [2.05, 4.69) is 6.07 Å². The summed E-state index contributed by atoms with van der Waals surface area (Å²) in [6, 6.07) is 14.0. The molecule has 0 aliphatic heterocycles. The summed E-state index contributed by atoms with van der Waals surface area (Å²) < 4.78 is 23.5. The molecule has 93 valence electrons. The van der Waals surface area contributed by atoms with Crippen molar-refractivity contribution < 1.29 is 8.42 Å². The molecule has 0 heterocycles. The molecule has 0 saturated heterocycles. The highest BCUT2D eigenvalue weighted by molar-refractivity contribution is 7.90. The minimum Gasteiger partial charge on any atom is -0.224 e. The van der Waals surface area contributed by atoms with Gasteiger partial charge in [0, 0.05) is 11.8 Å². The summed E-state index contributed by atoms with van der Waals surface area (Å²) in [6.07, 6.45) is 1.22. The van der Waals surface area contributed by atoms with Crippen molar-refractivity contribution in [3.63, 3.8) is 0 Å². The fourth-order valence-corrected chi connectivity index (χ4v) is 2.73. The van der Waals surface area contributed by atoms with Crippen molar-refractivity contribution in [3.05, 3.63) is 53.6 Å². The van der Waals surface area contributed by atoms with Gasteiger partial charge in [-0.1, -0.05) is 30.3 Å². The van der Waals surface area contributed by atoms with E-state index >= 15 is 0 Å². The van der Waals surface area contributed by atoms with Gasteiger partial charge in [0.2, 0.25) is 0 Å². The van der Waals surface area contributed by atoms with Crippen LogP contribution in [0.3, 0.4) is 0 Å². The van der Waals surface area contributed by atoms with Gasteiger partial charge in [-0.25, -0.2) is 8.42 Å². The molecule has 2 rings (SSSR count). The topological polar surface area (TPSA) is 34.1 Å². The van der Waals surface area contributed by atoms with Gasteiger partial charge in [0.05, 0.1) is 4.90 Å². The molecule has 2 nitrogen and oxygen atoms in total. The Kier molecular flexibility index (Phi) is 3.26.